The molecule has 3 rings (SSSR count). The van der Waals surface area contributed by atoms with Crippen molar-refractivity contribution in [3.63, 3.8) is 0 Å². The van der Waals surface area contributed by atoms with Crippen LogP contribution in [-0.2, 0) is 14.8 Å². The van der Waals surface area contributed by atoms with Crippen molar-refractivity contribution < 1.29 is 13.2 Å². The maximum Gasteiger partial charge on any atom is 0.243 e. The van der Waals surface area contributed by atoms with Crippen molar-refractivity contribution in [2.75, 3.05) is 18.4 Å². The van der Waals surface area contributed by atoms with Crippen molar-refractivity contribution in [3.8, 4) is 0 Å². The van der Waals surface area contributed by atoms with E-state index in [9.17, 15) is 13.2 Å². The van der Waals surface area contributed by atoms with Crippen LogP contribution in [0.5, 0.6) is 0 Å². The molecule has 1 N–H and O–H groups in total. The zero-order chi connectivity index (χ0) is 19.6. The van der Waals surface area contributed by atoms with Crippen molar-refractivity contribution in [1.29, 1.82) is 0 Å². The molecule has 1 fully saturated rings. The first-order valence-electron chi connectivity index (χ1n) is 8.91. The van der Waals surface area contributed by atoms with Gasteiger partial charge in [0.1, 0.15) is 0 Å². The lowest BCUT2D eigenvalue weighted by Gasteiger charge is -2.31. The zero-order valence-electron chi connectivity index (χ0n) is 15.4. The lowest BCUT2D eigenvalue weighted by molar-refractivity contribution is -0.120. The Hall–Kier alpha value is -1.89. The standard InChI is InChI=1S/C20H23ClN2O3S/c1-14-5-9-18(10-6-14)27(25,26)23-11-3-4-16(13-23)20(24)22-19-12-17(21)8-7-15(19)2/h5-10,12,16H,3-4,11,13H2,1-2H3,(H,22,24). The number of carbonyl (C=O) groups is 1. The minimum atomic E-state index is -3.60. The SMILES string of the molecule is Cc1ccc(S(=O)(=O)N2CCCC(C(=O)Nc3cc(Cl)ccc3C)C2)cc1. The van der Waals surface area contributed by atoms with Crippen LogP contribution in [0.15, 0.2) is 47.4 Å². The average molecular weight is 407 g/mol. The summed E-state index contributed by atoms with van der Waals surface area (Å²) in [5.41, 5.74) is 2.57. The van der Waals surface area contributed by atoms with E-state index < -0.39 is 15.9 Å². The van der Waals surface area contributed by atoms with Crippen LogP contribution in [0.1, 0.15) is 24.0 Å². The first-order valence-corrected chi connectivity index (χ1v) is 10.7. The minimum Gasteiger partial charge on any atom is -0.326 e. The largest absolute Gasteiger partial charge is 0.326 e. The molecule has 1 saturated heterocycles. The van der Waals surface area contributed by atoms with Gasteiger partial charge in [-0.3, -0.25) is 4.79 Å². The number of hydrogen-bond donors (Lipinski definition) is 1. The molecule has 0 aliphatic carbocycles. The highest BCUT2D eigenvalue weighted by molar-refractivity contribution is 7.89. The molecule has 1 aliphatic rings. The van der Waals surface area contributed by atoms with E-state index in [4.69, 9.17) is 11.6 Å². The highest BCUT2D eigenvalue weighted by Crippen LogP contribution is 2.26. The molecular weight excluding hydrogens is 384 g/mol. The van der Waals surface area contributed by atoms with Crippen LogP contribution in [0, 0.1) is 19.8 Å². The third-order valence-corrected chi connectivity index (χ3v) is 6.99. The number of aryl methyl sites for hydroxylation is 2. The highest BCUT2D eigenvalue weighted by atomic mass is 35.5. The number of amides is 1. The molecule has 27 heavy (non-hydrogen) atoms. The third kappa shape index (κ3) is 4.51. The van der Waals surface area contributed by atoms with Crippen LogP contribution in [0.3, 0.4) is 0 Å². The van der Waals surface area contributed by atoms with Crippen LogP contribution in [0.25, 0.3) is 0 Å². The third-order valence-electron chi connectivity index (χ3n) is 4.87. The molecule has 0 aromatic heterocycles. The molecular formula is C20H23ClN2O3S. The van der Waals surface area contributed by atoms with Crippen molar-refractivity contribution >= 4 is 33.2 Å². The molecule has 2 aromatic rings. The second-order valence-corrected chi connectivity index (χ2v) is 9.34. The molecule has 0 spiro atoms. The summed E-state index contributed by atoms with van der Waals surface area (Å²) in [5.74, 6) is -0.568. The molecule has 1 amide bonds. The first-order chi connectivity index (χ1) is 12.8. The number of halogens is 1. The second kappa shape index (κ2) is 8.00. The van der Waals surface area contributed by atoms with Gasteiger partial charge < -0.3 is 5.32 Å². The smallest absolute Gasteiger partial charge is 0.243 e. The molecule has 1 unspecified atom stereocenters. The molecule has 2 aromatic carbocycles. The van der Waals surface area contributed by atoms with Gasteiger partial charge in [-0.1, -0.05) is 35.4 Å². The summed E-state index contributed by atoms with van der Waals surface area (Å²) in [7, 11) is -3.60. The van der Waals surface area contributed by atoms with Crippen molar-refractivity contribution in [3.05, 3.63) is 58.6 Å². The predicted molar refractivity (Wildman–Crippen MR) is 107 cm³/mol. The number of carbonyl (C=O) groups excluding carboxylic acids is 1. The summed E-state index contributed by atoms with van der Waals surface area (Å²) >= 11 is 6.01. The van der Waals surface area contributed by atoms with Crippen LogP contribution < -0.4 is 5.32 Å². The molecule has 144 valence electrons. The topological polar surface area (TPSA) is 66.5 Å². The fourth-order valence-electron chi connectivity index (χ4n) is 3.20. The lowest BCUT2D eigenvalue weighted by Crippen LogP contribution is -2.43. The maximum absolute atomic E-state index is 12.9. The van der Waals surface area contributed by atoms with Crippen molar-refractivity contribution in [1.82, 2.24) is 4.31 Å². The Balaban J connectivity index is 1.74. The van der Waals surface area contributed by atoms with Gasteiger partial charge in [0.15, 0.2) is 0 Å². The monoisotopic (exact) mass is 406 g/mol. The quantitative estimate of drug-likeness (QED) is 0.834. The summed E-state index contributed by atoms with van der Waals surface area (Å²) in [4.78, 5) is 13.0. The summed E-state index contributed by atoms with van der Waals surface area (Å²) in [6.07, 6.45) is 1.31. The van der Waals surface area contributed by atoms with E-state index in [1.54, 1.807) is 36.4 Å². The van der Waals surface area contributed by atoms with Gasteiger partial charge in [-0.05, 0) is 56.5 Å². The average Bonchev–Trinajstić information content (AvgIpc) is 2.65. The first kappa shape index (κ1) is 19.9. The van der Waals surface area contributed by atoms with E-state index in [0.29, 0.717) is 30.1 Å². The van der Waals surface area contributed by atoms with E-state index in [1.807, 2.05) is 19.9 Å². The van der Waals surface area contributed by atoms with E-state index in [0.717, 1.165) is 11.1 Å². The summed E-state index contributed by atoms with van der Waals surface area (Å²) in [6.45, 7) is 4.41. The van der Waals surface area contributed by atoms with E-state index in [-0.39, 0.29) is 17.3 Å². The highest BCUT2D eigenvalue weighted by Gasteiger charge is 2.33. The van der Waals surface area contributed by atoms with Gasteiger partial charge in [0.25, 0.3) is 0 Å². The number of nitrogens with zero attached hydrogens (tertiary/aromatic N) is 1. The Bertz CT molecular complexity index is 942. The van der Waals surface area contributed by atoms with Crippen molar-refractivity contribution in [2.24, 2.45) is 5.92 Å². The van der Waals surface area contributed by atoms with Crippen LogP contribution >= 0.6 is 11.6 Å². The minimum absolute atomic E-state index is 0.177. The van der Waals surface area contributed by atoms with Gasteiger partial charge in [-0.15, -0.1) is 0 Å². The Kier molecular flexibility index (Phi) is 5.89. The summed E-state index contributed by atoms with van der Waals surface area (Å²) in [6, 6.07) is 12.1. The van der Waals surface area contributed by atoms with Gasteiger partial charge >= 0.3 is 0 Å². The summed E-state index contributed by atoms with van der Waals surface area (Å²) < 4.78 is 27.2. The Labute approximate surface area is 165 Å². The van der Waals surface area contributed by atoms with Crippen molar-refractivity contribution in [2.45, 2.75) is 31.6 Å². The van der Waals surface area contributed by atoms with Gasteiger partial charge in [-0.25, -0.2) is 8.42 Å². The zero-order valence-corrected chi connectivity index (χ0v) is 17.0. The fraction of sp³-hybridized carbons (Fsp3) is 0.350. The number of nitrogens with one attached hydrogen (secondary N) is 1. The van der Waals surface area contributed by atoms with Crippen LogP contribution in [0.4, 0.5) is 5.69 Å². The molecule has 1 atom stereocenters. The molecule has 0 radical (unpaired) electrons. The molecule has 1 aliphatic heterocycles. The number of piperidine rings is 1. The van der Waals surface area contributed by atoms with Gasteiger partial charge in [-0.2, -0.15) is 4.31 Å². The molecule has 0 bridgehead atoms. The van der Waals surface area contributed by atoms with Crippen LogP contribution in [-0.4, -0.2) is 31.7 Å². The number of anilines is 1. The summed E-state index contributed by atoms with van der Waals surface area (Å²) in [5, 5.41) is 3.44. The van der Waals surface area contributed by atoms with E-state index in [1.165, 1.54) is 4.31 Å². The second-order valence-electron chi connectivity index (χ2n) is 6.96. The Morgan fingerprint density at radius 1 is 1.15 bits per heavy atom. The Morgan fingerprint density at radius 2 is 1.85 bits per heavy atom. The Morgan fingerprint density at radius 3 is 2.56 bits per heavy atom. The molecule has 5 nitrogen and oxygen atoms in total. The van der Waals surface area contributed by atoms with Crippen LogP contribution in [0.2, 0.25) is 5.02 Å². The van der Waals surface area contributed by atoms with E-state index in [2.05, 4.69) is 5.32 Å². The normalized spacial score (nSPS) is 18.3. The molecule has 7 heteroatoms. The molecule has 1 heterocycles. The lowest BCUT2D eigenvalue weighted by atomic mass is 9.98. The number of hydrogen-bond acceptors (Lipinski definition) is 3. The predicted octanol–water partition coefficient (Wildman–Crippen LogP) is 4.00. The van der Waals surface area contributed by atoms with Gasteiger partial charge in [0.2, 0.25) is 15.9 Å². The van der Waals surface area contributed by atoms with Gasteiger partial charge in [0, 0.05) is 23.8 Å². The van der Waals surface area contributed by atoms with Gasteiger partial charge in [0.05, 0.1) is 10.8 Å². The number of benzene rings is 2. The number of sulfonamides is 1. The fourth-order valence-corrected chi connectivity index (χ4v) is 4.89. The number of rotatable bonds is 4. The maximum atomic E-state index is 12.9. The van der Waals surface area contributed by atoms with E-state index >= 15 is 0 Å². The molecule has 0 saturated carbocycles.